The zero-order valence-electron chi connectivity index (χ0n) is 5.49. The summed E-state index contributed by atoms with van der Waals surface area (Å²) in [6, 6.07) is 3.20. The van der Waals surface area contributed by atoms with E-state index in [4.69, 9.17) is 10.2 Å². The van der Waals surface area contributed by atoms with Crippen LogP contribution in [0, 0.1) is 0 Å². The van der Waals surface area contributed by atoms with Gasteiger partial charge in [0.15, 0.2) is 0 Å². The Hall–Kier alpha value is -1.09. The highest BCUT2D eigenvalue weighted by atomic mass is 16.3. The van der Waals surface area contributed by atoms with E-state index in [9.17, 15) is 0 Å². The van der Waals surface area contributed by atoms with Gasteiger partial charge in [0.05, 0.1) is 5.69 Å². The minimum absolute atomic E-state index is 0.0184. The Labute approximate surface area is 59.0 Å². The van der Waals surface area contributed by atoms with Gasteiger partial charge in [-0.1, -0.05) is 0 Å². The Morgan fingerprint density at radius 3 is 2.90 bits per heavy atom. The third-order valence-electron chi connectivity index (χ3n) is 1.21. The second-order valence-corrected chi connectivity index (χ2v) is 1.94. The lowest BCUT2D eigenvalue weighted by Crippen LogP contribution is -1.93. The van der Waals surface area contributed by atoms with Crippen molar-refractivity contribution in [2.75, 3.05) is 6.61 Å². The topological polar surface area (TPSA) is 53.4 Å². The first kappa shape index (κ1) is 7.02. The fraction of sp³-hybridized carbons (Fsp3) is 0.286. The number of aromatic nitrogens is 1. The van der Waals surface area contributed by atoms with E-state index in [1.165, 1.54) is 0 Å². The van der Waals surface area contributed by atoms with Crippen LogP contribution in [0.5, 0.6) is 5.75 Å². The fourth-order valence-corrected chi connectivity index (χ4v) is 0.728. The van der Waals surface area contributed by atoms with Gasteiger partial charge in [0, 0.05) is 19.2 Å². The van der Waals surface area contributed by atoms with Crippen molar-refractivity contribution in [2.45, 2.75) is 6.42 Å². The molecule has 0 saturated carbocycles. The molecule has 0 aliphatic heterocycles. The van der Waals surface area contributed by atoms with Gasteiger partial charge in [-0.2, -0.15) is 0 Å². The Morgan fingerprint density at radius 2 is 2.30 bits per heavy atom. The molecule has 0 fully saturated rings. The average Bonchev–Trinajstić information content (AvgIpc) is 1.94. The first-order chi connectivity index (χ1) is 4.84. The Balaban J connectivity index is 2.81. The summed E-state index contributed by atoms with van der Waals surface area (Å²) >= 11 is 0. The van der Waals surface area contributed by atoms with E-state index in [2.05, 4.69) is 4.98 Å². The minimum Gasteiger partial charge on any atom is -0.506 e. The van der Waals surface area contributed by atoms with E-state index in [1.807, 2.05) is 0 Å². The van der Waals surface area contributed by atoms with E-state index in [0.29, 0.717) is 12.1 Å². The molecule has 0 radical (unpaired) electrons. The highest BCUT2D eigenvalue weighted by Gasteiger charge is 1.97. The maximum atomic E-state index is 9.07. The van der Waals surface area contributed by atoms with Crippen LogP contribution in [0.1, 0.15) is 5.69 Å². The molecule has 54 valence electrons. The molecule has 3 heteroatoms. The summed E-state index contributed by atoms with van der Waals surface area (Å²) in [5.74, 6) is 0.150. The van der Waals surface area contributed by atoms with Gasteiger partial charge in [0.1, 0.15) is 5.75 Å². The summed E-state index contributed by atoms with van der Waals surface area (Å²) in [6.07, 6.45) is 2.00. The molecule has 1 rings (SSSR count). The third-order valence-corrected chi connectivity index (χ3v) is 1.21. The van der Waals surface area contributed by atoms with Crippen molar-refractivity contribution in [2.24, 2.45) is 0 Å². The molecule has 1 aromatic rings. The SMILES string of the molecule is OCCc1ncccc1O. The lowest BCUT2D eigenvalue weighted by Gasteiger charge is -1.98. The first-order valence-corrected chi connectivity index (χ1v) is 3.08. The molecule has 0 aliphatic carbocycles. The van der Waals surface area contributed by atoms with Gasteiger partial charge in [-0.15, -0.1) is 0 Å². The standard InChI is InChI=1S/C7H9NO2/c9-5-3-6-7(10)2-1-4-8-6/h1-2,4,9-10H,3,5H2. The van der Waals surface area contributed by atoms with Crippen molar-refractivity contribution in [3.63, 3.8) is 0 Å². The molecule has 0 atom stereocenters. The summed E-state index contributed by atoms with van der Waals surface area (Å²) in [5.41, 5.74) is 0.546. The van der Waals surface area contributed by atoms with Gasteiger partial charge in [-0.05, 0) is 12.1 Å². The minimum atomic E-state index is 0.0184. The normalized spacial score (nSPS) is 9.70. The molecule has 10 heavy (non-hydrogen) atoms. The molecule has 0 amide bonds. The number of hydrogen-bond acceptors (Lipinski definition) is 3. The van der Waals surface area contributed by atoms with E-state index in [1.54, 1.807) is 18.3 Å². The number of nitrogens with zero attached hydrogens (tertiary/aromatic N) is 1. The monoisotopic (exact) mass is 139 g/mol. The fourth-order valence-electron chi connectivity index (χ4n) is 0.728. The van der Waals surface area contributed by atoms with E-state index < -0.39 is 0 Å². The third kappa shape index (κ3) is 1.45. The lowest BCUT2D eigenvalue weighted by atomic mass is 10.2. The van der Waals surface area contributed by atoms with Gasteiger partial charge < -0.3 is 10.2 Å². The predicted octanol–water partition coefficient (Wildman–Crippen LogP) is 0.322. The number of aliphatic hydroxyl groups is 1. The summed E-state index contributed by atoms with van der Waals surface area (Å²) in [5, 5.41) is 17.6. The molecule has 0 saturated heterocycles. The molecule has 1 heterocycles. The molecule has 0 aromatic carbocycles. The summed E-state index contributed by atoms with van der Waals surface area (Å²) in [6.45, 7) is 0.0184. The maximum Gasteiger partial charge on any atom is 0.137 e. The van der Waals surface area contributed by atoms with Crippen molar-refractivity contribution in [3.8, 4) is 5.75 Å². The zero-order valence-corrected chi connectivity index (χ0v) is 5.49. The molecular formula is C7H9NO2. The predicted molar refractivity (Wildman–Crippen MR) is 36.7 cm³/mol. The number of hydrogen-bond donors (Lipinski definition) is 2. The smallest absolute Gasteiger partial charge is 0.137 e. The van der Waals surface area contributed by atoms with Gasteiger partial charge >= 0.3 is 0 Å². The Kier molecular flexibility index (Phi) is 2.23. The molecule has 0 unspecified atom stereocenters. The number of aromatic hydroxyl groups is 1. The Bertz CT molecular complexity index is 213. The van der Waals surface area contributed by atoms with E-state index >= 15 is 0 Å². The average molecular weight is 139 g/mol. The van der Waals surface area contributed by atoms with Crippen molar-refractivity contribution in [1.82, 2.24) is 4.98 Å². The molecule has 1 aromatic heterocycles. The van der Waals surface area contributed by atoms with Crippen LogP contribution in [0.2, 0.25) is 0 Å². The second kappa shape index (κ2) is 3.17. The van der Waals surface area contributed by atoms with Gasteiger partial charge in [0.2, 0.25) is 0 Å². The van der Waals surface area contributed by atoms with Crippen molar-refractivity contribution >= 4 is 0 Å². The zero-order chi connectivity index (χ0) is 7.40. The second-order valence-electron chi connectivity index (χ2n) is 1.94. The van der Waals surface area contributed by atoms with Gasteiger partial charge in [-0.25, -0.2) is 0 Å². The van der Waals surface area contributed by atoms with Crippen LogP contribution in [0.3, 0.4) is 0 Å². The molecular weight excluding hydrogens is 130 g/mol. The van der Waals surface area contributed by atoms with E-state index in [0.717, 1.165) is 0 Å². The Morgan fingerprint density at radius 1 is 1.50 bits per heavy atom. The van der Waals surface area contributed by atoms with Crippen LogP contribution in [0.4, 0.5) is 0 Å². The number of pyridine rings is 1. The molecule has 0 spiro atoms. The highest BCUT2D eigenvalue weighted by molar-refractivity contribution is 5.24. The first-order valence-electron chi connectivity index (χ1n) is 3.08. The lowest BCUT2D eigenvalue weighted by molar-refractivity contribution is 0.295. The van der Waals surface area contributed by atoms with Crippen LogP contribution < -0.4 is 0 Å². The number of aliphatic hydroxyl groups excluding tert-OH is 1. The van der Waals surface area contributed by atoms with Crippen LogP contribution in [-0.4, -0.2) is 21.8 Å². The molecule has 2 N–H and O–H groups in total. The van der Waals surface area contributed by atoms with Gasteiger partial charge in [-0.3, -0.25) is 4.98 Å². The summed E-state index contributed by atoms with van der Waals surface area (Å²) in [7, 11) is 0. The van der Waals surface area contributed by atoms with E-state index in [-0.39, 0.29) is 12.4 Å². The van der Waals surface area contributed by atoms with Crippen LogP contribution in [0.15, 0.2) is 18.3 Å². The van der Waals surface area contributed by atoms with Crippen LogP contribution in [-0.2, 0) is 6.42 Å². The quantitative estimate of drug-likeness (QED) is 0.620. The summed E-state index contributed by atoms with van der Waals surface area (Å²) < 4.78 is 0. The largest absolute Gasteiger partial charge is 0.506 e. The summed E-state index contributed by atoms with van der Waals surface area (Å²) in [4.78, 5) is 3.86. The van der Waals surface area contributed by atoms with Crippen LogP contribution in [0.25, 0.3) is 0 Å². The van der Waals surface area contributed by atoms with Crippen LogP contribution >= 0.6 is 0 Å². The van der Waals surface area contributed by atoms with Crippen molar-refractivity contribution < 1.29 is 10.2 Å². The van der Waals surface area contributed by atoms with Crippen molar-refractivity contribution in [3.05, 3.63) is 24.0 Å². The molecule has 3 nitrogen and oxygen atoms in total. The highest BCUT2D eigenvalue weighted by Crippen LogP contribution is 2.11. The maximum absolute atomic E-state index is 9.07. The molecule has 0 aliphatic rings. The molecule has 0 bridgehead atoms. The van der Waals surface area contributed by atoms with Crippen molar-refractivity contribution in [1.29, 1.82) is 0 Å². The number of rotatable bonds is 2. The van der Waals surface area contributed by atoms with Gasteiger partial charge in [0.25, 0.3) is 0 Å².